The predicted octanol–water partition coefficient (Wildman–Crippen LogP) is 3.04. The molecule has 1 N–H and O–H groups in total. The van der Waals surface area contributed by atoms with Crippen molar-refractivity contribution in [1.29, 1.82) is 0 Å². The lowest BCUT2D eigenvalue weighted by Gasteiger charge is -2.20. The molecule has 5 rings (SSSR count). The molecule has 0 fully saturated rings. The van der Waals surface area contributed by atoms with E-state index in [1.807, 2.05) is 42.5 Å². The molecule has 31 heavy (non-hydrogen) atoms. The van der Waals surface area contributed by atoms with Crippen LogP contribution in [-0.2, 0) is 4.79 Å². The molecule has 2 aliphatic rings. The molecule has 0 radical (unpaired) electrons. The largest absolute Gasteiger partial charge is 0.489 e. The van der Waals surface area contributed by atoms with Gasteiger partial charge in [-0.1, -0.05) is 42.5 Å². The van der Waals surface area contributed by atoms with Crippen LogP contribution in [0.4, 0.5) is 10.1 Å². The quantitative estimate of drug-likeness (QED) is 0.707. The van der Waals surface area contributed by atoms with Gasteiger partial charge in [0.05, 0.1) is 17.4 Å². The first-order valence-electron chi connectivity index (χ1n) is 10.1. The summed E-state index contributed by atoms with van der Waals surface area (Å²) < 4.78 is 21.9. The number of amides is 2. The highest BCUT2D eigenvalue weighted by Gasteiger charge is 2.36. The van der Waals surface area contributed by atoms with Crippen molar-refractivity contribution in [2.24, 2.45) is 0 Å². The van der Waals surface area contributed by atoms with Crippen LogP contribution >= 0.6 is 0 Å². The Morgan fingerprint density at radius 2 is 1.90 bits per heavy atom. The van der Waals surface area contributed by atoms with Crippen LogP contribution in [-0.4, -0.2) is 41.3 Å². The summed E-state index contributed by atoms with van der Waals surface area (Å²) in [6.07, 6.45) is -0.922. The number of halogens is 1. The van der Waals surface area contributed by atoms with E-state index in [1.165, 1.54) is 11.0 Å². The van der Waals surface area contributed by atoms with Crippen molar-refractivity contribution < 1.29 is 18.7 Å². The monoisotopic (exact) mass is 420 g/mol. The first kappa shape index (κ1) is 19.3. The Bertz CT molecular complexity index is 1150. The lowest BCUT2D eigenvalue weighted by Crippen LogP contribution is -2.49. The van der Waals surface area contributed by atoms with Gasteiger partial charge < -0.3 is 15.0 Å². The summed E-state index contributed by atoms with van der Waals surface area (Å²) in [7, 11) is 1.64. The Morgan fingerprint density at radius 1 is 1.16 bits per heavy atom. The fourth-order valence-electron chi connectivity index (χ4n) is 4.16. The summed E-state index contributed by atoms with van der Waals surface area (Å²) in [5.74, 6) is -0.264. The molecule has 0 saturated heterocycles. The second-order valence-electron chi connectivity index (χ2n) is 7.73. The molecule has 7 nitrogen and oxygen atoms in total. The van der Waals surface area contributed by atoms with Crippen LogP contribution in [0, 0.1) is 0 Å². The fourth-order valence-corrected chi connectivity index (χ4v) is 4.16. The lowest BCUT2D eigenvalue weighted by atomic mass is 10.0. The number of fused-ring (bicyclic) bond motifs is 2. The van der Waals surface area contributed by atoms with Gasteiger partial charge in [-0.05, 0) is 23.8 Å². The molecule has 3 atom stereocenters. The minimum Gasteiger partial charge on any atom is -0.489 e. The number of benzene rings is 2. The molecule has 0 aliphatic carbocycles. The molecular formula is C23H21FN4O3. The highest BCUT2D eigenvalue weighted by Crippen LogP contribution is 2.40. The second kappa shape index (κ2) is 7.54. The number of rotatable bonds is 3. The molecule has 2 aliphatic heterocycles. The normalized spacial score (nSPS) is 22.3. The Balaban J connectivity index is 1.36. The van der Waals surface area contributed by atoms with Crippen molar-refractivity contribution in [2.45, 2.75) is 24.7 Å². The van der Waals surface area contributed by atoms with Crippen LogP contribution in [0.1, 0.15) is 40.4 Å². The Morgan fingerprint density at radius 3 is 2.71 bits per heavy atom. The first-order valence-corrected chi connectivity index (χ1v) is 10.1. The van der Waals surface area contributed by atoms with E-state index in [9.17, 15) is 14.0 Å². The third-order valence-corrected chi connectivity index (χ3v) is 5.79. The Hall–Kier alpha value is -3.68. The fraction of sp³-hybridized carbons (Fsp3) is 0.261. The van der Waals surface area contributed by atoms with Crippen molar-refractivity contribution >= 4 is 17.5 Å². The van der Waals surface area contributed by atoms with E-state index in [2.05, 4.69) is 10.4 Å². The number of anilines is 1. The average Bonchev–Trinajstić information content (AvgIpc) is 3.34. The number of carbonyl (C=O) groups is 2. The molecule has 1 aromatic heterocycles. The van der Waals surface area contributed by atoms with Gasteiger partial charge in [-0.15, -0.1) is 0 Å². The van der Waals surface area contributed by atoms with Gasteiger partial charge in [0.2, 0.25) is 0 Å². The number of nitrogens with zero attached hydrogens (tertiary/aromatic N) is 3. The number of hydrogen-bond acceptors (Lipinski definition) is 4. The third kappa shape index (κ3) is 3.34. The maximum absolute atomic E-state index is 14.6. The zero-order valence-electron chi connectivity index (χ0n) is 16.9. The summed E-state index contributed by atoms with van der Waals surface area (Å²) in [6, 6.07) is 17.0. The van der Waals surface area contributed by atoms with E-state index in [0.717, 1.165) is 5.56 Å². The molecule has 3 aromatic rings. The van der Waals surface area contributed by atoms with Crippen molar-refractivity contribution in [2.75, 3.05) is 18.6 Å². The molecule has 3 heterocycles. The number of carbonyl (C=O) groups excluding carboxylic acids is 2. The highest BCUT2D eigenvalue weighted by molar-refractivity contribution is 6.02. The molecule has 2 amide bonds. The molecule has 158 valence electrons. The van der Waals surface area contributed by atoms with E-state index in [4.69, 9.17) is 4.74 Å². The van der Waals surface area contributed by atoms with Crippen LogP contribution in [0.3, 0.4) is 0 Å². The zero-order valence-corrected chi connectivity index (χ0v) is 16.9. The van der Waals surface area contributed by atoms with E-state index in [0.29, 0.717) is 17.1 Å². The molecule has 0 bridgehead atoms. The molecule has 0 unspecified atom stereocenters. The van der Waals surface area contributed by atoms with E-state index in [-0.39, 0.29) is 30.7 Å². The number of aromatic nitrogens is 2. The Kier molecular flexibility index (Phi) is 4.69. The van der Waals surface area contributed by atoms with Crippen molar-refractivity contribution in [3.05, 3.63) is 77.6 Å². The summed E-state index contributed by atoms with van der Waals surface area (Å²) >= 11 is 0. The van der Waals surface area contributed by atoms with Crippen LogP contribution in [0.2, 0.25) is 0 Å². The smallest absolute Gasteiger partial charge is 0.272 e. The Labute approximate surface area is 178 Å². The number of ether oxygens (including phenoxy) is 1. The number of hydrogen-bond donors (Lipinski definition) is 1. The van der Waals surface area contributed by atoms with E-state index in [1.54, 1.807) is 23.9 Å². The van der Waals surface area contributed by atoms with Crippen LogP contribution < -0.4 is 15.0 Å². The first-order chi connectivity index (χ1) is 15.0. The summed E-state index contributed by atoms with van der Waals surface area (Å²) in [5, 5.41) is 7.07. The van der Waals surface area contributed by atoms with Gasteiger partial charge in [-0.25, -0.2) is 4.39 Å². The van der Waals surface area contributed by atoms with Crippen molar-refractivity contribution in [3.63, 3.8) is 0 Å². The minimum atomic E-state index is -1.21. The van der Waals surface area contributed by atoms with Gasteiger partial charge in [-0.2, -0.15) is 5.10 Å². The van der Waals surface area contributed by atoms with Crippen molar-refractivity contribution in [3.8, 4) is 5.75 Å². The maximum Gasteiger partial charge on any atom is 0.272 e. The van der Waals surface area contributed by atoms with Gasteiger partial charge >= 0.3 is 0 Å². The highest BCUT2D eigenvalue weighted by atomic mass is 19.1. The van der Waals surface area contributed by atoms with Crippen LogP contribution in [0.5, 0.6) is 5.75 Å². The number of likely N-dealkylation sites (N-methyl/N-ethyl adjacent to an activating group) is 1. The number of para-hydroxylation sites is 2. The van der Waals surface area contributed by atoms with Gasteiger partial charge in [-0.3, -0.25) is 14.3 Å². The average molecular weight is 420 g/mol. The zero-order chi connectivity index (χ0) is 21.5. The molecule has 0 spiro atoms. The van der Waals surface area contributed by atoms with Gasteiger partial charge in [0.25, 0.3) is 11.8 Å². The molecule has 8 heteroatoms. The summed E-state index contributed by atoms with van der Waals surface area (Å²) in [6.45, 7) is -0.00211. The van der Waals surface area contributed by atoms with E-state index < -0.39 is 18.1 Å². The van der Waals surface area contributed by atoms with Gasteiger partial charge in [0.1, 0.15) is 24.6 Å². The van der Waals surface area contributed by atoms with E-state index >= 15 is 0 Å². The van der Waals surface area contributed by atoms with Crippen LogP contribution in [0.25, 0.3) is 0 Å². The maximum atomic E-state index is 14.6. The van der Waals surface area contributed by atoms with Crippen molar-refractivity contribution in [1.82, 2.24) is 15.1 Å². The summed E-state index contributed by atoms with van der Waals surface area (Å²) in [5.41, 5.74) is 2.02. The second-order valence-corrected chi connectivity index (χ2v) is 7.73. The number of nitrogens with one attached hydrogen (secondary N) is 1. The summed E-state index contributed by atoms with van der Waals surface area (Å²) in [4.78, 5) is 27.2. The molecule has 0 saturated carbocycles. The lowest BCUT2D eigenvalue weighted by molar-refractivity contribution is -0.120. The minimum absolute atomic E-state index is 0.00211. The predicted molar refractivity (Wildman–Crippen MR) is 112 cm³/mol. The topological polar surface area (TPSA) is 76.5 Å². The third-order valence-electron chi connectivity index (χ3n) is 5.79. The van der Waals surface area contributed by atoms with Gasteiger partial charge in [0, 0.05) is 13.5 Å². The van der Waals surface area contributed by atoms with Gasteiger partial charge in [0.15, 0.2) is 5.69 Å². The molecular weight excluding hydrogens is 399 g/mol. The SMILES string of the molecule is CN1C(=O)[C@@H](NC(=O)c2cc3n(n2)[C@H](c2ccccc2)C[C@@H]3F)COc2ccccc21. The standard InChI is InChI=1S/C23H21FN4O3/c1-27-18-9-5-6-10-21(18)31-13-17(23(27)30)25-22(29)16-12-20-15(24)11-19(28(20)26-16)14-7-3-2-4-8-14/h2-10,12,15,17,19H,11,13H2,1H3,(H,25,29)/t15-,17-,19-/m0/s1. The molecule has 2 aromatic carbocycles. The number of alkyl halides is 1. The van der Waals surface area contributed by atoms with Crippen LogP contribution in [0.15, 0.2) is 60.7 Å².